The van der Waals surface area contributed by atoms with Gasteiger partial charge in [0.05, 0.1) is 25.3 Å². The highest BCUT2D eigenvalue weighted by atomic mass is 32.1. The van der Waals surface area contributed by atoms with Gasteiger partial charge in [0.1, 0.15) is 11.9 Å². The van der Waals surface area contributed by atoms with E-state index >= 15 is 0 Å². The average molecular weight is 303 g/mol. The Morgan fingerprint density at radius 2 is 2.33 bits per heavy atom. The van der Waals surface area contributed by atoms with Crippen molar-refractivity contribution in [3.05, 3.63) is 46.3 Å². The third kappa shape index (κ3) is 3.40. The van der Waals surface area contributed by atoms with Gasteiger partial charge >= 0.3 is 0 Å². The summed E-state index contributed by atoms with van der Waals surface area (Å²) in [5.74, 6) is 0.604. The summed E-state index contributed by atoms with van der Waals surface area (Å²) in [5.41, 5.74) is 6.49. The second kappa shape index (κ2) is 6.24. The van der Waals surface area contributed by atoms with Gasteiger partial charge in [-0.25, -0.2) is 4.98 Å². The van der Waals surface area contributed by atoms with Crippen LogP contribution in [0.2, 0.25) is 0 Å². The monoisotopic (exact) mass is 303 g/mol. The molecule has 2 N–H and O–H groups in total. The second-order valence-electron chi connectivity index (χ2n) is 4.94. The number of morpholine rings is 1. The summed E-state index contributed by atoms with van der Waals surface area (Å²) in [6.07, 6.45) is 0.254. The van der Waals surface area contributed by atoms with Gasteiger partial charge in [-0.3, -0.25) is 4.79 Å². The fourth-order valence-corrected chi connectivity index (χ4v) is 3.07. The predicted octanol–water partition coefficient (Wildman–Crippen LogP) is 1.87. The molecule has 21 heavy (non-hydrogen) atoms. The Labute approximate surface area is 127 Å². The highest BCUT2D eigenvalue weighted by Crippen LogP contribution is 2.22. The maximum Gasteiger partial charge on any atom is 0.228 e. The van der Waals surface area contributed by atoms with Crippen molar-refractivity contribution < 1.29 is 9.53 Å². The number of nitrogen functional groups attached to an aromatic ring is 1. The minimum absolute atomic E-state index is 0.134. The zero-order chi connectivity index (χ0) is 14.7. The predicted molar refractivity (Wildman–Crippen MR) is 81.9 cm³/mol. The molecule has 1 fully saturated rings. The van der Waals surface area contributed by atoms with Gasteiger partial charge in [0.25, 0.3) is 0 Å². The molecule has 5 nitrogen and oxygen atoms in total. The molecule has 0 aliphatic carbocycles. The molecule has 3 rings (SSSR count). The largest absolute Gasteiger partial charge is 0.384 e. The van der Waals surface area contributed by atoms with Crippen molar-refractivity contribution in [1.82, 2.24) is 9.88 Å². The van der Waals surface area contributed by atoms with Gasteiger partial charge in [-0.2, -0.15) is 0 Å². The van der Waals surface area contributed by atoms with Gasteiger partial charge in [0.15, 0.2) is 0 Å². The lowest BCUT2D eigenvalue weighted by atomic mass is 10.1. The molecule has 1 aliphatic heterocycles. The number of nitrogens with zero attached hydrogens (tertiary/aromatic N) is 2. The molecule has 110 valence electrons. The molecule has 3 heterocycles. The van der Waals surface area contributed by atoms with E-state index in [1.807, 2.05) is 34.5 Å². The summed E-state index contributed by atoms with van der Waals surface area (Å²) >= 11 is 1.61. The quantitative estimate of drug-likeness (QED) is 0.940. The summed E-state index contributed by atoms with van der Waals surface area (Å²) in [7, 11) is 0. The van der Waals surface area contributed by atoms with Crippen molar-refractivity contribution in [2.45, 2.75) is 12.5 Å². The van der Waals surface area contributed by atoms with Crippen molar-refractivity contribution in [3.8, 4) is 0 Å². The molecule has 0 saturated carbocycles. The van der Waals surface area contributed by atoms with E-state index in [0.29, 0.717) is 31.9 Å². The van der Waals surface area contributed by atoms with Crippen LogP contribution in [-0.2, 0) is 16.0 Å². The van der Waals surface area contributed by atoms with Gasteiger partial charge < -0.3 is 15.4 Å². The number of nitrogens with two attached hydrogens (primary N) is 1. The summed E-state index contributed by atoms with van der Waals surface area (Å²) in [6.45, 7) is 1.68. The Morgan fingerprint density at radius 3 is 3.10 bits per heavy atom. The van der Waals surface area contributed by atoms with Crippen molar-refractivity contribution in [2.75, 3.05) is 25.4 Å². The first-order chi connectivity index (χ1) is 10.2. The molecular formula is C15H17N3O2S. The lowest BCUT2D eigenvalue weighted by molar-refractivity contribution is -0.138. The molecule has 0 unspecified atom stereocenters. The Bertz CT molecular complexity index is 615. The topological polar surface area (TPSA) is 68.5 Å². The minimum atomic E-state index is -0.200. The Kier molecular flexibility index (Phi) is 4.17. The lowest BCUT2D eigenvalue weighted by Gasteiger charge is -2.32. The van der Waals surface area contributed by atoms with E-state index in [-0.39, 0.29) is 12.0 Å². The van der Waals surface area contributed by atoms with Gasteiger partial charge in [0, 0.05) is 11.4 Å². The first kappa shape index (κ1) is 14.0. The minimum Gasteiger partial charge on any atom is -0.384 e. The fraction of sp³-hybridized carbons (Fsp3) is 0.333. The molecular weight excluding hydrogens is 286 g/mol. The molecule has 0 radical (unpaired) electrons. The first-order valence-corrected chi connectivity index (χ1v) is 7.74. The normalized spacial score (nSPS) is 18.7. The zero-order valence-electron chi connectivity index (χ0n) is 11.6. The number of hydrogen-bond acceptors (Lipinski definition) is 5. The maximum absolute atomic E-state index is 12.3. The van der Waals surface area contributed by atoms with E-state index in [4.69, 9.17) is 10.5 Å². The molecule has 0 aromatic carbocycles. The average Bonchev–Trinajstić information content (AvgIpc) is 3.00. The third-order valence-electron chi connectivity index (χ3n) is 3.45. The van der Waals surface area contributed by atoms with Crippen LogP contribution in [0.3, 0.4) is 0 Å². The summed E-state index contributed by atoms with van der Waals surface area (Å²) in [5, 5.41) is 1.99. The van der Waals surface area contributed by atoms with Crippen LogP contribution in [0.5, 0.6) is 0 Å². The van der Waals surface area contributed by atoms with Crippen LogP contribution >= 0.6 is 11.3 Å². The first-order valence-electron chi connectivity index (χ1n) is 6.86. The van der Waals surface area contributed by atoms with Crippen molar-refractivity contribution in [1.29, 1.82) is 0 Å². The molecule has 1 amide bonds. The van der Waals surface area contributed by atoms with E-state index in [0.717, 1.165) is 10.6 Å². The highest BCUT2D eigenvalue weighted by Gasteiger charge is 2.26. The number of anilines is 1. The van der Waals surface area contributed by atoms with E-state index < -0.39 is 0 Å². The molecule has 2 aromatic heterocycles. The Balaban J connectivity index is 1.66. The lowest BCUT2D eigenvalue weighted by Crippen LogP contribution is -2.43. The van der Waals surface area contributed by atoms with Crippen LogP contribution in [0.4, 0.5) is 5.82 Å². The van der Waals surface area contributed by atoms with Gasteiger partial charge in [-0.1, -0.05) is 12.1 Å². The van der Waals surface area contributed by atoms with E-state index in [1.165, 1.54) is 0 Å². The molecule has 2 aromatic rings. The maximum atomic E-state index is 12.3. The number of hydrogen-bond donors (Lipinski definition) is 1. The molecule has 0 spiro atoms. The summed E-state index contributed by atoms with van der Waals surface area (Å²) < 4.78 is 5.73. The SMILES string of the molecule is Nc1cccc([C@@H]2CN(C(=O)Cc3cccs3)CCO2)n1. The van der Waals surface area contributed by atoms with Crippen LogP contribution in [-0.4, -0.2) is 35.5 Å². The van der Waals surface area contributed by atoms with E-state index in [9.17, 15) is 4.79 Å². The van der Waals surface area contributed by atoms with E-state index in [2.05, 4.69) is 4.98 Å². The summed E-state index contributed by atoms with van der Waals surface area (Å²) in [4.78, 5) is 19.6. The van der Waals surface area contributed by atoms with Crippen molar-refractivity contribution in [3.63, 3.8) is 0 Å². The van der Waals surface area contributed by atoms with Crippen LogP contribution < -0.4 is 5.73 Å². The van der Waals surface area contributed by atoms with Crippen molar-refractivity contribution in [2.24, 2.45) is 0 Å². The number of rotatable bonds is 3. The number of thiophene rings is 1. The Hall–Kier alpha value is -1.92. The molecule has 6 heteroatoms. The fourth-order valence-electron chi connectivity index (χ4n) is 2.38. The highest BCUT2D eigenvalue weighted by molar-refractivity contribution is 7.10. The number of carbonyl (C=O) groups is 1. The number of ether oxygens (including phenoxy) is 1. The Morgan fingerprint density at radius 1 is 1.43 bits per heavy atom. The smallest absolute Gasteiger partial charge is 0.228 e. The molecule has 1 saturated heterocycles. The van der Waals surface area contributed by atoms with Gasteiger partial charge in [-0.15, -0.1) is 11.3 Å². The summed E-state index contributed by atoms with van der Waals surface area (Å²) in [6, 6.07) is 9.43. The van der Waals surface area contributed by atoms with Crippen LogP contribution in [0, 0.1) is 0 Å². The van der Waals surface area contributed by atoms with Gasteiger partial charge in [-0.05, 0) is 23.6 Å². The molecule has 1 aliphatic rings. The third-order valence-corrected chi connectivity index (χ3v) is 4.32. The standard InChI is InChI=1S/C15H17N3O2S/c16-14-5-1-4-12(17-14)13-10-18(6-7-20-13)15(19)9-11-3-2-8-21-11/h1-5,8,13H,6-7,9-10H2,(H2,16,17)/t13-/m0/s1. The second-order valence-corrected chi connectivity index (χ2v) is 5.97. The number of aromatic nitrogens is 1. The van der Waals surface area contributed by atoms with Gasteiger partial charge in [0.2, 0.25) is 5.91 Å². The van der Waals surface area contributed by atoms with E-state index in [1.54, 1.807) is 17.4 Å². The van der Waals surface area contributed by atoms with Crippen LogP contribution in [0.15, 0.2) is 35.7 Å². The number of carbonyl (C=O) groups excluding carboxylic acids is 1. The molecule has 1 atom stereocenters. The number of pyridine rings is 1. The zero-order valence-corrected chi connectivity index (χ0v) is 12.4. The number of amides is 1. The molecule has 0 bridgehead atoms. The van der Waals surface area contributed by atoms with Crippen molar-refractivity contribution >= 4 is 23.1 Å². The van der Waals surface area contributed by atoms with Crippen LogP contribution in [0.1, 0.15) is 16.7 Å². The van der Waals surface area contributed by atoms with Crippen LogP contribution in [0.25, 0.3) is 0 Å².